The van der Waals surface area contributed by atoms with Crippen molar-refractivity contribution in [2.45, 2.75) is 19.4 Å². The molecule has 0 spiro atoms. The van der Waals surface area contributed by atoms with Crippen LogP contribution in [-0.2, 0) is 4.74 Å². The van der Waals surface area contributed by atoms with Crippen molar-refractivity contribution < 1.29 is 9.53 Å². The van der Waals surface area contributed by atoms with Crippen LogP contribution in [0.5, 0.6) is 0 Å². The number of aromatic nitrogens is 1. The molecule has 0 aliphatic rings. The van der Waals surface area contributed by atoms with E-state index in [0.29, 0.717) is 23.9 Å². The molecule has 0 aliphatic carbocycles. The van der Waals surface area contributed by atoms with Gasteiger partial charge < -0.3 is 10.1 Å². The minimum Gasteiger partial charge on any atom is -0.374 e. The zero-order valence-electron chi connectivity index (χ0n) is 12.5. The summed E-state index contributed by atoms with van der Waals surface area (Å²) in [7, 11) is 0. The fraction of sp³-hybridized carbons (Fsp3) is 0.294. The Morgan fingerprint density at radius 1 is 1.32 bits per heavy atom. The number of hydrogen-bond acceptors (Lipinski definition) is 3. The molecule has 5 heteroatoms. The molecule has 4 nitrogen and oxygen atoms in total. The van der Waals surface area contributed by atoms with E-state index in [1.807, 2.05) is 37.3 Å². The molecule has 1 N–H and O–H groups in total. The summed E-state index contributed by atoms with van der Waals surface area (Å²) in [5.74, 6) is -0.224. The Morgan fingerprint density at radius 3 is 2.82 bits per heavy atom. The molecule has 1 aromatic carbocycles. The number of amides is 1. The number of pyridine rings is 1. The van der Waals surface area contributed by atoms with Gasteiger partial charge in [-0.05, 0) is 31.0 Å². The van der Waals surface area contributed by atoms with Gasteiger partial charge in [-0.1, -0.05) is 41.9 Å². The van der Waals surface area contributed by atoms with Gasteiger partial charge in [-0.25, -0.2) is 0 Å². The number of halogens is 1. The van der Waals surface area contributed by atoms with Crippen LogP contribution in [0.2, 0.25) is 5.02 Å². The highest BCUT2D eigenvalue weighted by molar-refractivity contribution is 6.30. The largest absolute Gasteiger partial charge is 0.374 e. The lowest BCUT2D eigenvalue weighted by Crippen LogP contribution is -2.26. The van der Waals surface area contributed by atoms with Crippen LogP contribution < -0.4 is 5.32 Å². The minimum atomic E-state index is -0.224. The molecule has 116 valence electrons. The number of ether oxygens (including phenoxy) is 1. The molecule has 1 aromatic heterocycles. The van der Waals surface area contributed by atoms with Gasteiger partial charge in [0.15, 0.2) is 0 Å². The van der Waals surface area contributed by atoms with Crippen molar-refractivity contribution in [3.8, 4) is 0 Å². The van der Waals surface area contributed by atoms with Gasteiger partial charge in [-0.15, -0.1) is 0 Å². The van der Waals surface area contributed by atoms with E-state index in [-0.39, 0.29) is 12.0 Å². The van der Waals surface area contributed by atoms with Crippen molar-refractivity contribution >= 4 is 17.5 Å². The highest BCUT2D eigenvalue weighted by Gasteiger charge is 2.07. The van der Waals surface area contributed by atoms with Crippen molar-refractivity contribution in [3.05, 3.63) is 64.9 Å². The smallest absolute Gasteiger partial charge is 0.269 e. The van der Waals surface area contributed by atoms with E-state index in [1.165, 1.54) is 6.20 Å². The first-order valence-electron chi connectivity index (χ1n) is 7.23. The van der Waals surface area contributed by atoms with Crippen molar-refractivity contribution in [2.75, 3.05) is 13.2 Å². The topological polar surface area (TPSA) is 51.2 Å². The molecule has 2 rings (SSSR count). The zero-order chi connectivity index (χ0) is 15.8. The third-order valence-corrected chi connectivity index (χ3v) is 3.43. The average molecular weight is 319 g/mol. The first kappa shape index (κ1) is 16.5. The Hall–Kier alpha value is -1.91. The molecule has 1 amide bonds. The third-order valence-electron chi connectivity index (χ3n) is 3.20. The van der Waals surface area contributed by atoms with Gasteiger partial charge >= 0.3 is 0 Å². The normalized spacial score (nSPS) is 11.9. The highest BCUT2D eigenvalue weighted by Crippen LogP contribution is 2.15. The number of nitrogens with zero attached hydrogens (tertiary/aromatic N) is 1. The molecular weight excluding hydrogens is 300 g/mol. The lowest BCUT2D eigenvalue weighted by Gasteiger charge is -2.13. The van der Waals surface area contributed by atoms with E-state index in [4.69, 9.17) is 16.3 Å². The standard InChI is InChI=1S/C17H19ClN2O2/c1-13(14-6-3-2-4-7-14)22-11-5-9-20-17(21)16-12-15(18)8-10-19-16/h2-4,6-8,10,12-13H,5,9,11H2,1H3,(H,20,21). The maximum atomic E-state index is 11.8. The van der Waals surface area contributed by atoms with E-state index < -0.39 is 0 Å². The van der Waals surface area contributed by atoms with Crippen molar-refractivity contribution in [1.29, 1.82) is 0 Å². The predicted molar refractivity (Wildman–Crippen MR) is 87.0 cm³/mol. The summed E-state index contributed by atoms with van der Waals surface area (Å²) in [6.45, 7) is 3.14. The van der Waals surface area contributed by atoms with Crippen LogP contribution >= 0.6 is 11.6 Å². The summed E-state index contributed by atoms with van der Waals surface area (Å²) < 4.78 is 5.75. The van der Waals surface area contributed by atoms with Crippen LogP contribution in [0.25, 0.3) is 0 Å². The molecular formula is C17H19ClN2O2. The SMILES string of the molecule is CC(OCCCNC(=O)c1cc(Cl)ccn1)c1ccccc1. The summed E-state index contributed by atoms with van der Waals surface area (Å²) in [6.07, 6.45) is 2.30. The number of nitrogens with one attached hydrogen (secondary N) is 1. The second kappa shape index (κ2) is 8.51. The van der Waals surface area contributed by atoms with Crippen molar-refractivity contribution in [1.82, 2.24) is 10.3 Å². The number of carbonyl (C=O) groups is 1. The fourth-order valence-electron chi connectivity index (χ4n) is 1.97. The Kier molecular flexibility index (Phi) is 6.37. The van der Waals surface area contributed by atoms with Gasteiger partial charge in [-0.2, -0.15) is 0 Å². The van der Waals surface area contributed by atoms with Gasteiger partial charge in [0.25, 0.3) is 5.91 Å². The third kappa shape index (κ3) is 5.13. The summed E-state index contributed by atoms with van der Waals surface area (Å²) in [5, 5.41) is 3.30. The quantitative estimate of drug-likeness (QED) is 0.793. The van der Waals surface area contributed by atoms with Crippen LogP contribution in [-0.4, -0.2) is 24.0 Å². The van der Waals surface area contributed by atoms with Crippen LogP contribution in [0.15, 0.2) is 48.7 Å². The molecule has 1 unspecified atom stereocenters. The summed E-state index contributed by atoms with van der Waals surface area (Å²) in [6, 6.07) is 13.2. The molecule has 1 atom stereocenters. The van der Waals surface area contributed by atoms with Gasteiger partial charge in [0.05, 0.1) is 6.10 Å². The highest BCUT2D eigenvalue weighted by atomic mass is 35.5. The molecule has 22 heavy (non-hydrogen) atoms. The first-order chi connectivity index (χ1) is 10.7. The van der Waals surface area contributed by atoms with Crippen molar-refractivity contribution in [3.63, 3.8) is 0 Å². The van der Waals surface area contributed by atoms with E-state index >= 15 is 0 Å². The molecule has 0 saturated carbocycles. The first-order valence-corrected chi connectivity index (χ1v) is 7.61. The number of carbonyl (C=O) groups excluding carboxylic acids is 1. The monoisotopic (exact) mass is 318 g/mol. The van der Waals surface area contributed by atoms with Gasteiger partial charge in [-0.3, -0.25) is 9.78 Å². The molecule has 0 fully saturated rings. The van der Waals surface area contributed by atoms with Crippen LogP contribution in [0.4, 0.5) is 0 Å². The molecule has 2 aromatic rings. The zero-order valence-corrected chi connectivity index (χ0v) is 13.2. The average Bonchev–Trinajstić information content (AvgIpc) is 2.55. The summed E-state index contributed by atoms with van der Waals surface area (Å²) in [5.41, 5.74) is 1.47. The predicted octanol–water partition coefficient (Wildman–Crippen LogP) is 3.63. The van der Waals surface area contributed by atoms with Gasteiger partial charge in [0, 0.05) is 24.4 Å². The number of rotatable bonds is 7. The Bertz CT molecular complexity index is 605. The molecule has 0 aliphatic heterocycles. The van der Waals surface area contributed by atoms with Crippen LogP contribution in [0, 0.1) is 0 Å². The Balaban J connectivity index is 1.66. The molecule has 0 radical (unpaired) electrons. The summed E-state index contributed by atoms with van der Waals surface area (Å²) in [4.78, 5) is 15.8. The van der Waals surface area contributed by atoms with Crippen LogP contribution in [0.3, 0.4) is 0 Å². The minimum absolute atomic E-state index is 0.0477. The summed E-state index contributed by atoms with van der Waals surface area (Å²) >= 11 is 5.83. The second-order valence-electron chi connectivity index (χ2n) is 4.89. The number of hydrogen-bond donors (Lipinski definition) is 1. The Morgan fingerprint density at radius 2 is 2.09 bits per heavy atom. The van der Waals surface area contributed by atoms with E-state index in [0.717, 1.165) is 12.0 Å². The Labute approximate surface area is 135 Å². The maximum absolute atomic E-state index is 11.8. The molecule has 1 heterocycles. The molecule has 0 saturated heterocycles. The second-order valence-corrected chi connectivity index (χ2v) is 5.33. The van der Waals surface area contributed by atoms with E-state index in [1.54, 1.807) is 12.1 Å². The number of benzene rings is 1. The lowest BCUT2D eigenvalue weighted by atomic mass is 10.1. The van der Waals surface area contributed by atoms with E-state index in [2.05, 4.69) is 10.3 Å². The van der Waals surface area contributed by atoms with Crippen LogP contribution in [0.1, 0.15) is 35.5 Å². The molecule has 0 bridgehead atoms. The van der Waals surface area contributed by atoms with Gasteiger partial charge in [0.1, 0.15) is 5.69 Å². The maximum Gasteiger partial charge on any atom is 0.269 e. The lowest BCUT2D eigenvalue weighted by molar-refractivity contribution is 0.0634. The van der Waals surface area contributed by atoms with Gasteiger partial charge in [0.2, 0.25) is 0 Å². The van der Waals surface area contributed by atoms with Crippen molar-refractivity contribution in [2.24, 2.45) is 0 Å². The van der Waals surface area contributed by atoms with E-state index in [9.17, 15) is 4.79 Å². The fourth-order valence-corrected chi connectivity index (χ4v) is 2.13.